The summed E-state index contributed by atoms with van der Waals surface area (Å²) in [5.74, 6) is -1.23. The number of rotatable bonds is 8. The molecule has 9 heteroatoms. The SMILES string of the molecule is O=CCC(CNc1cccc(Cl)c1C(=O)Nc1ccccc1F)NC(=O)O. The lowest BCUT2D eigenvalue weighted by atomic mass is 10.1. The molecule has 2 amide bonds. The fraction of sp³-hybridized carbons (Fsp3) is 0.167. The zero-order valence-corrected chi connectivity index (χ0v) is 14.8. The third kappa shape index (κ3) is 5.68. The molecule has 0 aromatic heterocycles. The normalized spacial score (nSPS) is 11.3. The van der Waals surface area contributed by atoms with E-state index in [4.69, 9.17) is 16.7 Å². The maximum absolute atomic E-state index is 13.8. The molecule has 27 heavy (non-hydrogen) atoms. The molecule has 1 atom stereocenters. The van der Waals surface area contributed by atoms with Crippen molar-refractivity contribution in [1.29, 1.82) is 0 Å². The minimum Gasteiger partial charge on any atom is -0.465 e. The van der Waals surface area contributed by atoms with Crippen molar-refractivity contribution in [3.63, 3.8) is 0 Å². The fourth-order valence-corrected chi connectivity index (χ4v) is 2.63. The van der Waals surface area contributed by atoms with Crippen LogP contribution in [0.15, 0.2) is 42.5 Å². The predicted octanol–water partition coefficient (Wildman–Crippen LogP) is 3.37. The second kappa shape index (κ2) is 9.54. The van der Waals surface area contributed by atoms with Crippen LogP contribution in [-0.2, 0) is 4.79 Å². The van der Waals surface area contributed by atoms with E-state index in [0.717, 1.165) is 0 Å². The van der Waals surface area contributed by atoms with Gasteiger partial charge in [0.25, 0.3) is 5.91 Å². The summed E-state index contributed by atoms with van der Waals surface area (Å²) in [6, 6.07) is 9.67. The first kappa shape index (κ1) is 20.2. The topological polar surface area (TPSA) is 108 Å². The van der Waals surface area contributed by atoms with Crippen LogP contribution in [-0.4, -0.2) is 36.0 Å². The summed E-state index contributed by atoms with van der Waals surface area (Å²) in [6.07, 6.45) is -0.727. The van der Waals surface area contributed by atoms with Crippen LogP contribution >= 0.6 is 11.6 Å². The van der Waals surface area contributed by atoms with Crippen LogP contribution in [0.3, 0.4) is 0 Å². The van der Waals surface area contributed by atoms with Gasteiger partial charge in [0.05, 0.1) is 22.3 Å². The summed E-state index contributed by atoms with van der Waals surface area (Å²) in [5, 5.41) is 16.5. The Balaban J connectivity index is 2.20. The highest BCUT2D eigenvalue weighted by Crippen LogP contribution is 2.26. The van der Waals surface area contributed by atoms with E-state index in [9.17, 15) is 18.8 Å². The molecule has 2 aromatic rings. The molecule has 4 N–H and O–H groups in total. The van der Waals surface area contributed by atoms with Crippen molar-refractivity contribution < 1.29 is 23.9 Å². The molecule has 7 nitrogen and oxygen atoms in total. The van der Waals surface area contributed by atoms with Crippen molar-refractivity contribution in [3.8, 4) is 0 Å². The van der Waals surface area contributed by atoms with Gasteiger partial charge in [-0.2, -0.15) is 0 Å². The Kier molecular flexibility index (Phi) is 7.13. The molecule has 142 valence electrons. The fourth-order valence-electron chi connectivity index (χ4n) is 2.37. The molecule has 2 rings (SSSR count). The van der Waals surface area contributed by atoms with Crippen LogP contribution in [0.4, 0.5) is 20.6 Å². The first-order valence-corrected chi connectivity index (χ1v) is 8.31. The summed E-state index contributed by atoms with van der Waals surface area (Å²) < 4.78 is 13.8. The summed E-state index contributed by atoms with van der Waals surface area (Å²) in [6.45, 7) is 0.0470. The van der Waals surface area contributed by atoms with Crippen LogP contribution < -0.4 is 16.0 Å². The van der Waals surface area contributed by atoms with Gasteiger partial charge in [-0.25, -0.2) is 9.18 Å². The standard InChI is InChI=1S/C18H17ClFN3O4/c19-12-4-3-7-15(21-10-11(8-9-24)22-18(26)27)16(12)17(25)23-14-6-2-1-5-13(14)20/h1-7,9,11,21-22H,8,10H2,(H,23,25)(H,26,27). The van der Waals surface area contributed by atoms with E-state index in [1.807, 2.05) is 0 Å². The van der Waals surface area contributed by atoms with Crippen molar-refractivity contribution in [2.75, 3.05) is 17.2 Å². The number of halogens is 2. The first-order valence-electron chi connectivity index (χ1n) is 7.93. The maximum atomic E-state index is 13.8. The number of carboxylic acid groups (broad SMARTS) is 1. The lowest BCUT2D eigenvalue weighted by molar-refractivity contribution is -0.108. The average molecular weight is 394 g/mol. The number of hydrogen-bond acceptors (Lipinski definition) is 4. The third-order valence-electron chi connectivity index (χ3n) is 3.61. The summed E-state index contributed by atoms with van der Waals surface area (Å²) in [4.78, 5) is 34.1. The Morgan fingerprint density at radius 2 is 1.85 bits per heavy atom. The lowest BCUT2D eigenvalue weighted by Crippen LogP contribution is -2.39. The number of aldehydes is 1. The van der Waals surface area contributed by atoms with E-state index < -0.39 is 23.9 Å². The van der Waals surface area contributed by atoms with Crippen molar-refractivity contribution in [2.45, 2.75) is 12.5 Å². The number of hydrogen-bond donors (Lipinski definition) is 4. The molecule has 0 heterocycles. The van der Waals surface area contributed by atoms with Crippen LogP contribution in [0, 0.1) is 5.82 Å². The molecule has 0 saturated heterocycles. The number of benzene rings is 2. The Morgan fingerprint density at radius 3 is 2.52 bits per heavy atom. The van der Waals surface area contributed by atoms with Crippen molar-refractivity contribution in [3.05, 3.63) is 58.9 Å². The molecule has 0 fully saturated rings. The molecular weight excluding hydrogens is 377 g/mol. The Hall–Kier alpha value is -3.13. The Morgan fingerprint density at radius 1 is 1.15 bits per heavy atom. The van der Waals surface area contributed by atoms with Crippen molar-refractivity contribution in [1.82, 2.24) is 5.32 Å². The number of anilines is 2. The number of carbonyl (C=O) groups excluding carboxylic acids is 2. The smallest absolute Gasteiger partial charge is 0.404 e. The van der Waals surface area contributed by atoms with Gasteiger partial charge in [-0.3, -0.25) is 4.79 Å². The van der Waals surface area contributed by atoms with Gasteiger partial charge >= 0.3 is 6.09 Å². The number of amides is 2. The van der Waals surface area contributed by atoms with Gasteiger partial charge in [0.15, 0.2) is 0 Å². The van der Waals surface area contributed by atoms with Crippen LogP contribution in [0.1, 0.15) is 16.8 Å². The van der Waals surface area contributed by atoms with E-state index >= 15 is 0 Å². The Labute approximate surface area is 159 Å². The molecule has 0 aliphatic rings. The number of carbonyl (C=O) groups is 3. The monoisotopic (exact) mass is 393 g/mol. The summed E-state index contributed by atoms with van der Waals surface area (Å²) >= 11 is 6.13. The van der Waals surface area contributed by atoms with Gasteiger partial charge in [-0.1, -0.05) is 29.8 Å². The van der Waals surface area contributed by atoms with Crippen molar-refractivity contribution >= 4 is 41.3 Å². The molecule has 0 radical (unpaired) electrons. The molecular formula is C18H17ClFN3O4. The van der Waals surface area contributed by atoms with E-state index in [1.54, 1.807) is 18.2 Å². The van der Waals surface area contributed by atoms with Crippen LogP contribution in [0.2, 0.25) is 5.02 Å². The highest BCUT2D eigenvalue weighted by atomic mass is 35.5. The number of nitrogens with one attached hydrogen (secondary N) is 3. The molecule has 0 aliphatic carbocycles. The molecule has 0 bridgehead atoms. The zero-order valence-electron chi connectivity index (χ0n) is 14.0. The van der Waals surface area contributed by atoms with Gasteiger partial charge in [0.1, 0.15) is 12.1 Å². The highest BCUT2D eigenvalue weighted by Gasteiger charge is 2.18. The van der Waals surface area contributed by atoms with Gasteiger partial charge in [0.2, 0.25) is 0 Å². The van der Waals surface area contributed by atoms with Gasteiger partial charge < -0.3 is 25.9 Å². The largest absolute Gasteiger partial charge is 0.465 e. The first-order chi connectivity index (χ1) is 12.9. The van der Waals surface area contributed by atoms with E-state index in [2.05, 4.69) is 16.0 Å². The molecule has 1 unspecified atom stereocenters. The van der Waals surface area contributed by atoms with Crippen molar-refractivity contribution in [2.24, 2.45) is 0 Å². The quantitative estimate of drug-likeness (QED) is 0.514. The van der Waals surface area contributed by atoms with Gasteiger partial charge in [-0.15, -0.1) is 0 Å². The van der Waals surface area contributed by atoms with Crippen LogP contribution in [0.25, 0.3) is 0 Å². The van der Waals surface area contributed by atoms with E-state index in [-0.39, 0.29) is 29.2 Å². The lowest BCUT2D eigenvalue weighted by Gasteiger charge is -2.18. The molecule has 0 aliphatic heterocycles. The second-order valence-electron chi connectivity index (χ2n) is 5.53. The third-order valence-corrected chi connectivity index (χ3v) is 3.92. The maximum Gasteiger partial charge on any atom is 0.404 e. The van der Waals surface area contributed by atoms with E-state index in [1.165, 1.54) is 24.3 Å². The second-order valence-corrected chi connectivity index (χ2v) is 5.93. The van der Waals surface area contributed by atoms with Gasteiger partial charge in [0, 0.05) is 18.7 Å². The van der Waals surface area contributed by atoms with Crippen LogP contribution in [0.5, 0.6) is 0 Å². The number of para-hydroxylation sites is 1. The molecule has 0 spiro atoms. The average Bonchev–Trinajstić information content (AvgIpc) is 2.61. The minimum absolute atomic E-state index is 0.000236. The molecule has 2 aromatic carbocycles. The van der Waals surface area contributed by atoms with Gasteiger partial charge in [-0.05, 0) is 24.3 Å². The highest BCUT2D eigenvalue weighted by molar-refractivity contribution is 6.35. The van der Waals surface area contributed by atoms with E-state index in [0.29, 0.717) is 12.0 Å². The summed E-state index contributed by atoms with van der Waals surface area (Å²) in [7, 11) is 0. The minimum atomic E-state index is -1.27. The summed E-state index contributed by atoms with van der Waals surface area (Å²) in [5.41, 5.74) is 0.391. The Bertz CT molecular complexity index is 847. The zero-order chi connectivity index (χ0) is 19.8. The molecule has 0 saturated carbocycles. The predicted molar refractivity (Wildman–Crippen MR) is 99.9 cm³/mol.